The summed E-state index contributed by atoms with van der Waals surface area (Å²) in [4.78, 5) is 0. The highest BCUT2D eigenvalue weighted by Gasteiger charge is 2.04. The van der Waals surface area contributed by atoms with Gasteiger partial charge in [0.2, 0.25) is 0 Å². The molecule has 0 bridgehead atoms. The van der Waals surface area contributed by atoms with Gasteiger partial charge in [0.1, 0.15) is 0 Å². The SMILES string of the molecule is CCCCC(CC)CNCc1cccc(C)c1. The third-order valence-electron chi connectivity index (χ3n) is 3.39. The highest BCUT2D eigenvalue weighted by Crippen LogP contribution is 2.11. The van der Waals surface area contributed by atoms with E-state index in [1.54, 1.807) is 0 Å². The lowest BCUT2D eigenvalue weighted by atomic mass is 9.99. The van der Waals surface area contributed by atoms with Gasteiger partial charge in [0.25, 0.3) is 0 Å². The van der Waals surface area contributed by atoms with Crippen LogP contribution in [-0.4, -0.2) is 6.54 Å². The Kier molecular flexibility index (Phi) is 6.95. The minimum Gasteiger partial charge on any atom is -0.312 e. The van der Waals surface area contributed by atoms with E-state index in [9.17, 15) is 0 Å². The first kappa shape index (κ1) is 14.2. The topological polar surface area (TPSA) is 12.0 Å². The first-order valence-electron chi connectivity index (χ1n) is 7.02. The Morgan fingerprint density at radius 2 is 2.06 bits per heavy atom. The Morgan fingerprint density at radius 1 is 1.24 bits per heavy atom. The van der Waals surface area contributed by atoms with Crippen molar-refractivity contribution >= 4 is 0 Å². The van der Waals surface area contributed by atoms with Gasteiger partial charge in [-0.05, 0) is 31.4 Å². The maximum Gasteiger partial charge on any atom is 0.0205 e. The largest absolute Gasteiger partial charge is 0.312 e. The number of hydrogen-bond acceptors (Lipinski definition) is 1. The van der Waals surface area contributed by atoms with E-state index in [2.05, 4.69) is 50.4 Å². The molecule has 1 unspecified atom stereocenters. The van der Waals surface area contributed by atoms with Crippen molar-refractivity contribution < 1.29 is 0 Å². The molecule has 0 saturated heterocycles. The zero-order chi connectivity index (χ0) is 12.5. The summed E-state index contributed by atoms with van der Waals surface area (Å²) in [5.74, 6) is 0.847. The summed E-state index contributed by atoms with van der Waals surface area (Å²) in [6.45, 7) is 8.88. The molecule has 1 heteroatoms. The monoisotopic (exact) mass is 233 g/mol. The van der Waals surface area contributed by atoms with Gasteiger partial charge in [-0.3, -0.25) is 0 Å². The Balaban J connectivity index is 2.26. The van der Waals surface area contributed by atoms with Crippen molar-refractivity contribution in [1.29, 1.82) is 0 Å². The first-order chi connectivity index (χ1) is 8.26. The van der Waals surface area contributed by atoms with Gasteiger partial charge in [-0.1, -0.05) is 62.9 Å². The van der Waals surface area contributed by atoms with Gasteiger partial charge < -0.3 is 5.32 Å². The van der Waals surface area contributed by atoms with Crippen LogP contribution in [0.1, 0.15) is 50.7 Å². The fourth-order valence-electron chi connectivity index (χ4n) is 2.19. The van der Waals surface area contributed by atoms with Gasteiger partial charge in [-0.2, -0.15) is 0 Å². The molecule has 0 aromatic heterocycles. The van der Waals surface area contributed by atoms with Crippen LogP contribution in [0.4, 0.5) is 0 Å². The van der Waals surface area contributed by atoms with Crippen LogP contribution < -0.4 is 5.32 Å². The van der Waals surface area contributed by atoms with Crippen LogP contribution in [0.25, 0.3) is 0 Å². The average Bonchev–Trinajstić information content (AvgIpc) is 2.33. The molecule has 1 atom stereocenters. The molecule has 96 valence electrons. The minimum atomic E-state index is 0.847. The second-order valence-electron chi connectivity index (χ2n) is 5.04. The van der Waals surface area contributed by atoms with E-state index in [-0.39, 0.29) is 0 Å². The van der Waals surface area contributed by atoms with E-state index in [1.165, 1.54) is 36.8 Å². The Labute approximate surface area is 107 Å². The van der Waals surface area contributed by atoms with Gasteiger partial charge in [0.05, 0.1) is 0 Å². The first-order valence-corrected chi connectivity index (χ1v) is 7.02. The van der Waals surface area contributed by atoms with Crippen molar-refractivity contribution in [2.75, 3.05) is 6.54 Å². The molecule has 0 heterocycles. The molecule has 0 spiro atoms. The van der Waals surface area contributed by atoms with Gasteiger partial charge in [-0.15, -0.1) is 0 Å². The van der Waals surface area contributed by atoms with Crippen molar-refractivity contribution in [3.8, 4) is 0 Å². The standard InChI is InChI=1S/C16H27N/c1-4-6-9-15(5-2)12-17-13-16-10-7-8-14(3)11-16/h7-8,10-11,15,17H,4-6,9,12-13H2,1-3H3. The molecule has 1 rings (SSSR count). The summed E-state index contributed by atoms with van der Waals surface area (Å²) in [6.07, 6.45) is 5.34. The maximum atomic E-state index is 3.59. The molecule has 0 aliphatic carbocycles. The smallest absolute Gasteiger partial charge is 0.0205 e. The fraction of sp³-hybridized carbons (Fsp3) is 0.625. The lowest BCUT2D eigenvalue weighted by Gasteiger charge is -2.15. The van der Waals surface area contributed by atoms with Crippen LogP contribution in [0.15, 0.2) is 24.3 Å². The second-order valence-corrected chi connectivity index (χ2v) is 5.04. The van der Waals surface area contributed by atoms with E-state index < -0.39 is 0 Å². The van der Waals surface area contributed by atoms with Crippen molar-refractivity contribution in [3.63, 3.8) is 0 Å². The summed E-state index contributed by atoms with van der Waals surface area (Å²) in [5.41, 5.74) is 2.75. The average molecular weight is 233 g/mol. The summed E-state index contributed by atoms with van der Waals surface area (Å²) in [5, 5.41) is 3.59. The summed E-state index contributed by atoms with van der Waals surface area (Å²) in [6, 6.07) is 8.76. The van der Waals surface area contributed by atoms with Crippen molar-refractivity contribution in [2.45, 2.75) is 53.0 Å². The predicted molar refractivity (Wildman–Crippen MR) is 76.2 cm³/mol. The van der Waals surface area contributed by atoms with Gasteiger partial charge in [-0.25, -0.2) is 0 Å². The number of rotatable bonds is 8. The van der Waals surface area contributed by atoms with Crippen LogP contribution in [0.5, 0.6) is 0 Å². The molecule has 0 radical (unpaired) electrons. The number of aryl methyl sites for hydroxylation is 1. The van der Waals surface area contributed by atoms with Crippen molar-refractivity contribution in [2.24, 2.45) is 5.92 Å². The number of hydrogen-bond donors (Lipinski definition) is 1. The molecule has 1 aromatic rings. The molecule has 1 aromatic carbocycles. The summed E-state index contributed by atoms with van der Waals surface area (Å²) < 4.78 is 0. The van der Waals surface area contributed by atoms with Crippen molar-refractivity contribution in [1.82, 2.24) is 5.32 Å². The van der Waals surface area contributed by atoms with E-state index in [0.29, 0.717) is 0 Å². The third-order valence-corrected chi connectivity index (χ3v) is 3.39. The quantitative estimate of drug-likeness (QED) is 0.706. The molecule has 0 amide bonds. The summed E-state index contributed by atoms with van der Waals surface area (Å²) >= 11 is 0. The molecule has 17 heavy (non-hydrogen) atoms. The highest BCUT2D eigenvalue weighted by atomic mass is 14.9. The van der Waals surface area contributed by atoms with Crippen molar-refractivity contribution in [3.05, 3.63) is 35.4 Å². The third kappa shape index (κ3) is 5.88. The molecule has 0 saturated carbocycles. The van der Waals surface area contributed by atoms with Crippen LogP contribution in [0.2, 0.25) is 0 Å². The van der Waals surface area contributed by atoms with Crippen LogP contribution in [0, 0.1) is 12.8 Å². The van der Waals surface area contributed by atoms with Gasteiger partial charge in [0, 0.05) is 6.54 Å². The molecule has 0 aliphatic heterocycles. The van der Waals surface area contributed by atoms with Gasteiger partial charge in [0.15, 0.2) is 0 Å². The molecule has 1 N–H and O–H groups in total. The zero-order valence-electron chi connectivity index (χ0n) is 11.6. The lowest BCUT2D eigenvalue weighted by Crippen LogP contribution is -2.22. The number of nitrogens with one attached hydrogen (secondary N) is 1. The van der Waals surface area contributed by atoms with E-state index >= 15 is 0 Å². The van der Waals surface area contributed by atoms with Crippen LogP contribution in [0.3, 0.4) is 0 Å². The molecule has 0 aliphatic rings. The zero-order valence-corrected chi connectivity index (χ0v) is 11.6. The summed E-state index contributed by atoms with van der Waals surface area (Å²) in [7, 11) is 0. The predicted octanol–water partition coefficient (Wildman–Crippen LogP) is 4.30. The van der Waals surface area contributed by atoms with Crippen LogP contribution in [-0.2, 0) is 6.54 Å². The molecular formula is C16H27N. The molecular weight excluding hydrogens is 206 g/mol. The van der Waals surface area contributed by atoms with Gasteiger partial charge >= 0.3 is 0 Å². The maximum absolute atomic E-state index is 3.59. The fourth-order valence-corrected chi connectivity index (χ4v) is 2.19. The van der Waals surface area contributed by atoms with E-state index in [0.717, 1.165) is 19.0 Å². The lowest BCUT2D eigenvalue weighted by molar-refractivity contribution is 0.419. The Morgan fingerprint density at radius 3 is 2.71 bits per heavy atom. The Hall–Kier alpha value is -0.820. The normalized spacial score (nSPS) is 12.6. The van der Waals surface area contributed by atoms with Crippen LogP contribution >= 0.6 is 0 Å². The number of unbranched alkanes of at least 4 members (excludes halogenated alkanes) is 1. The minimum absolute atomic E-state index is 0.847. The second kappa shape index (κ2) is 8.30. The number of benzene rings is 1. The Bertz CT molecular complexity index is 306. The molecule has 0 fully saturated rings. The van der Waals surface area contributed by atoms with E-state index in [1.807, 2.05) is 0 Å². The highest BCUT2D eigenvalue weighted by molar-refractivity contribution is 5.21. The van der Waals surface area contributed by atoms with E-state index in [4.69, 9.17) is 0 Å². The molecule has 1 nitrogen and oxygen atoms in total.